The third-order valence-electron chi connectivity index (χ3n) is 5.11. The monoisotopic (exact) mass is 526 g/mol. The van der Waals surface area contributed by atoms with Gasteiger partial charge in [0.1, 0.15) is 10.6 Å². The molecule has 0 unspecified atom stereocenters. The third kappa shape index (κ3) is 4.21. The van der Waals surface area contributed by atoms with E-state index in [4.69, 9.17) is 4.74 Å². The molecule has 1 saturated heterocycles. The molecule has 7 nitrogen and oxygen atoms in total. The SMILES string of the molecule is CCOC(=O)c1sc(N2C(=O)C(=O)C(=C(O)c3ccccc3)[C@@H]2c2cccc(Br)c2)nc1C. The number of aliphatic hydroxyl groups is 1. The minimum atomic E-state index is -0.927. The highest BCUT2D eigenvalue weighted by Gasteiger charge is 2.48. The number of thiazole rings is 1. The number of aryl methyl sites for hydroxylation is 1. The fourth-order valence-electron chi connectivity index (χ4n) is 3.64. The zero-order valence-corrected chi connectivity index (χ0v) is 20.1. The van der Waals surface area contributed by atoms with Gasteiger partial charge in [-0.25, -0.2) is 9.78 Å². The Morgan fingerprint density at radius 2 is 1.91 bits per heavy atom. The highest BCUT2D eigenvalue weighted by molar-refractivity contribution is 9.10. The van der Waals surface area contributed by atoms with Gasteiger partial charge in [0.15, 0.2) is 5.13 Å². The van der Waals surface area contributed by atoms with Gasteiger partial charge in [0.25, 0.3) is 5.78 Å². The van der Waals surface area contributed by atoms with E-state index in [9.17, 15) is 19.5 Å². The second-order valence-electron chi connectivity index (χ2n) is 7.22. The number of benzene rings is 2. The molecule has 0 saturated carbocycles. The van der Waals surface area contributed by atoms with Crippen molar-refractivity contribution < 1.29 is 24.2 Å². The minimum Gasteiger partial charge on any atom is -0.507 e. The van der Waals surface area contributed by atoms with E-state index < -0.39 is 23.7 Å². The molecule has 0 spiro atoms. The standard InChI is InChI=1S/C24H19BrN2O5S/c1-3-32-23(31)21-13(2)26-24(33-21)27-18(15-10-7-11-16(25)12-15)17(20(29)22(27)30)19(28)14-8-5-4-6-9-14/h4-12,18,28H,3H2,1-2H3/t18-/m0/s1. The van der Waals surface area contributed by atoms with E-state index in [2.05, 4.69) is 20.9 Å². The Kier molecular flexibility index (Phi) is 6.44. The van der Waals surface area contributed by atoms with E-state index in [0.717, 1.165) is 15.8 Å². The van der Waals surface area contributed by atoms with Crippen LogP contribution in [0.2, 0.25) is 0 Å². The van der Waals surface area contributed by atoms with Crippen molar-refractivity contribution >= 4 is 55.8 Å². The first-order valence-electron chi connectivity index (χ1n) is 10.1. The first kappa shape index (κ1) is 22.9. The summed E-state index contributed by atoms with van der Waals surface area (Å²) in [5.41, 5.74) is 1.37. The number of hydrogen-bond donors (Lipinski definition) is 1. The maximum atomic E-state index is 13.2. The number of aliphatic hydroxyl groups excluding tert-OH is 1. The molecule has 1 N–H and O–H groups in total. The van der Waals surface area contributed by atoms with Crippen molar-refractivity contribution in [1.82, 2.24) is 4.98 Å². The normalized spacial score (nSPS) is 17.4. The molecule has 0 bridgehead atoms. The number of ketones is 1. The van der Waals surface area contributed by atoms with Crippen LogP contribution in [-0.2, 0) is 14.3 Å². The van der Waals surface area contributed by atoms with Gasteiger partial charge in [-0.2, -0.15) is 0 Å². The van der Waals surface area contributed by atoms with Crippen LogP contribution in [0.4, 0.5) is 5.13 Å². The number of ether oxygens (including phenoxy) is 1. The smallest absolute Gasteiger partial charge is 0.350 e. The molecule has 1 atom stereocenters. The molecule has 1 aliphatic heterocycles. The zero-order valence-electron chi connectivity index (χ0n) is 17.7. The van der Waals surface area contributed by atoms with Crippen molar-refractivity contribution in [3.8, 4) is 0 Å². The summed E-state index contributed by atoms with van der Waals surface area (Å²) in [4.78, 5) is 44.6. The number of Topliss-reactive ketones (excluding diaryl/α,β-unsaturated/α-hetero) is 1. The maximum absolute atomic E-state index is 13.2. The molecule has 1 aromatic heterocycles. The van der Waals surface area contributed by atoms with E-state index in [1.165, 1.54) is 4.90 Å². The van der Waals surface area contributed by atoms with E-state index in [0.29, 0.717) is 16.8 Å². The Hall–Kier alpha value is -3.30. The van der Waals surface area contributed by atoms with E-state index in [-0.39, 0.29) is 27.9 Å². The van der Waals surface area contributed by atoms with Gasteiger partial charge in [-0.1, -0.05) is 69.7 Å². The summed E-state index contributed by atoms with van der Waals surface area (Å²) in [6.07, 6.45) is 0. The lowest BCUT2D eigenvalue weighted by molar-refractivity contribution is -0.132. The average Bonchev–Trinajstić information content (AvgIpc) is 3.31. The van der Waals surface area contributed by atoms with Crippen molar-refractivity contribution in [2.45, 2.75) is 19.9 Å². The van der Waals surface area contributed by atoms with Crippen LogP contribution in [0.15, 0.2) is 64.6 Å². The number of esters is 1. The molecular weight excluding hydrogens is 508 g/mol. The Bertz CT molecular complexity index is 1290. The largest absolute Gasteiger partial charge is 0.507 e. The second-order valence-corrected chi connectivity index (χ2v) is 9.11. The number of rotatable bonds is 5. The Morgan fingerprint density at radius 1 is 1.18 bits per heavy atom. The van der Waals surface area contributed by atoms with Crippen LogP contribution in [0.5, 0.6) is 0 Å². The Labute approximate surface area is 202 Å². The molecule has 2 aromatic carbocycles. The number of anilines is 1. The van der Waals surface area contributed by atoms with Crippen molar-refractivity contribution in [3.05, 3.63) is 86.3 Å². The highest BCUT2D eigenvalue weighted by atomic mass is 79.9. The van der Waals surface area contributed by atoms with E-state index in [1.54, 1.807) is 62.4 Å². The number of carbonyl (C=O) groups is 3. The summed E-state index contributed by atoms with van der Waals surface area (Å²) in [5, 5.41) is 11.2. The second kappa shape index (κ2) is 9.29. The molecule has 0 aliphatic carbocycles. The molecule has 1 fully saturated rings. The number of amides is 1. The van der Waals surface area contributed by atoms with Crippen LogP contribution < -0.4 is 4.90 Å². The first-order valence-corrected chi connectivity index (χ1v) is 11.7. The summed E-state index contributed by atoms with van der Waals surface area (Å²) in [5.74, 6) is -2.48. The van der Waals surface area contributed by atoms with Crippen LogP contribution in [0.1, 0.15) is 39.5 Å². The molecule has 33 heavy (non-hydrogen) atoms. The van der Waals surface area contributed by atoms with Gasteiger partial charge in [-0.3, -0.25) is 14.5 Å². The lowest BCUT2D eigenvalue weighted by Gasteiger charge is -2.23. The molecule has 3 aromatic rings. The summed E-state index contributed by atoms with van der Waals surface area (Å²) in [6.45, 7) is 3.54. The van der Waals surface area contributed by atoms with Crippen LogP contribution in [0, 0.1) is 6.92 Å². The van der Waals surface area contributed by atoms with Gasteiger partial charge in [0, 0.05) is 10.0 Å². The fourth-order valence-corrected chi connectivity index (χ4v) is 5.05. The van der Waals surface area contributed by atoms with Crippen molar-refractivity contribution in [3.63, 3.8) is 0 Å². The number of hydrogen-bond acceptors (Lipinski definition) is 7. The average molecular weight is 527 g/mol. The predicted octanol–water partition coefficient (Wildman–Crippen LogP) is 5.02. The van der Waals surface area contributed by atoms with Crippen LogP contribution in [-0.4, -0.2) is 34.4 Å². The summed E-state index contributed by atoms with van der Waals surface area (Å²) in [7, 11) is 0. The van der Waals surface area contributed by atoms with E-state index in [1.807, 2.05) is 6.07 Å². The topological polar surface area (TPSA) is 96.8 Å². The third-order valence-corrected chi connectivity index (χ3v) is 6.74. The molecule has 9 heteroatoms. The fraction of sp³-hybridized carbons (Fsp3) is 0.167. The lowest BCUT2D eigenvalue weighted by Crippen LogP contribution is -2.29. The van der Waals surface area contributed by atoms with Gasteiger partial charge in [0.2, 0.25) is 0 Å². The highest BCUT2D eigenvalue weighted by Crippen LogP contribution is 2.44. The summed E-state index contributed by atoms with van der Waals surface area (Å²) in [6, 6.07) is 14.8. The molecular formula is C24H19BrN2O5S. The van der Waals surface area contributed by atoms with Crippen LogP contribution in [0.25, 0.3) is 5.76 Å². The van der Waals surface area contributed by atoms with Gasteiger partial charge >= 0.3 is 11.9 Å². The molecule has 4 rings (SSSR count). The maximum Gasteiger partial charge on any atom is 0.350 e. The predicted molar refractivity (Wildman–Crippen MR) is 128 cm³/mol. The molecule has 1 aliphatic rings. The van der Waals surface area contributed by atoms with Crippen LogP contribution >= 0.6 is 27.3 Å². The van der Waals surface area contributed by atoms with Gasteiger partial charge in [-0.15, -0.1) is 0 Å². The van der Waals surface area contributed by atoms with Crippen LogP contribution in [0.3, 0.4) is 0 Å². The first-order chi connectivity index (χ1) is 15.8. The minimum absolute atomic E-state index is 0.0464. The van der Waals surface area contributed by atoms with Crippen molar-refractivity contribution in [2.24, 2.45) is 0 Å². The van der Waals surface area contributed by atoms with Gasteiger partial charge in [-0.05, 0) is 31.5 Å². The molecule has 168 valence electrons. The quantitative estimate of drug-likeness (QED) is 0.217. The number of aromatic nitrogens is 1. The van der Waals surface area contributed by atoms with E-state index >= 15 is 0 Å². The van der Waals surface area contributed by atoms with Crippen molar-refractivity contribution in [2.75, 3.05) is 11.5 Å². The number of nitrogens with zero attached hydrogens (tertiary/aromatic N) is 2. The Balaban J connectivity index is 1.92. The molecule has 1 amide bonds. The number of carbonyl (C=O) groups excluding carboxylic acids is 3. The zero-order chi connectivity index (χ0) is 23.7. The van der Waals surface area contributed by atoms with Crippen molar-refractivity contribution in [1.29, 1.82) is 0 Å². The molecule has 0 radical (unpaired) electrons. The summed E-state index contributed by atoms with van der Waals surface area (Å²) >= 11 is 4.40. The van der Waals surface area contributed by atoms with Gasteiger partial charge in [0.05, 0.1) is 23.9 Å². The summed E-state index contributed by atoms with van der Waals surface area (Å²) < 4.78 is 5.83. The lowest BCUT2D eigenvalue weighted by atomic mass is 9.95. The number of halogens is 1. The van der Waals surface area contributed by atoms with Gasteiger partial charge < -0.3 is 9.84 Å². The Morgan fingerprint density at radius 3 is 2.58 bits per heavy atom. The molecule has 2 heterocycles.